The second-order valence-electron chi connectivity index (χ2n) is 9.30. The molecule has 0 aromatic carbocycles. The number of nitrogens with one attached hydrogen (secondary N) is 1. The van der Waals surface area contributed by atoms with E-state index in [1.54, 1.807) is 6.20 Å². The molecular formula is C24H31F6N3O6. The van der Waals surface area contributed by atoms with Gasteiger partial charge in [-0.25, -0.2) is 9.59 Å². The second kappa shape index (κ2) is 14.4. The van der Waals surface area contributed by atoms with Crippen LogP contribution in [0.5, 0.6) is 0 Å². The van der Waals surface area contributed by atoms with Crippen LogP contribution >= 0.6 is 0 Å². The molecule has 1 aromatic heterocycles. The van der Waals surface area contributed by atoms with Gasteiger partial charge in [-0.05, 0) is 37.8 Å². The Bertz CT molecular complexity index is 919. The number of hydrogen-bond donors (Lipinski definition) is 3. The molecule has 3 heterocycles. The van der Waals surface area contributed by atoms with Gasteiger partial charge >= 0.3 is 24.3 Å². The molecule has 4 rings (SSSR count). The van der Waals surface area contributed by atoms with Crippen molar-refractivity contribution >= 4 is 17.8 Å². The maximum Gasteiger partial charge on any atom is 0.490 e. The van der Waals surface area contributed by atoms with Crippen LogP contribution < -0.4 is 5.32 Å². The number of carboxylic acid groups (broad SMARTS) is 2. The van der Waals surface area contributed by atoms with Gasteiger partial charge in [0.15, 0.2) is 0 Å². The van der Waals surface area contributed by atoms with E-state index < -0.39 is 24.3 Å². The molecule has 0 spiro atoms. The molecule has 1 aliphatic carbocycles. The number of nitrogens with zero attached hydrogens (tertiary/aromatic N) is 2. The largest absolute Gasteiger partial charge is 0.490 e. The second-order valence-corrected chi connectivity index (χ2v) is 9.30. The lowest BCUT2D eigenvalue weighted by Gasteiger charge is -2.48. The quantitative estimate of drug-likeness (QED) is 0.460. The molecule has 1 saturated carbocycles. The highest BCUT2D eigenvalue weighted by Gasteiger charge is 2.43. The Kier molecular flexibility index (Phi) is 12.0. The number of carboxylic acids is 2. The van der Waals surface area contributed by atoms with E-state index in [2.05, 4.69) is 15.2 Å². The minimum atomic E-state index is -5.08. The number of aliphatic carboxylic acids is 2. The van der Waals surface area contributed by atoms with Gasteiger partial charge in [0.25, 0.3) is 0 Å². The Morgan fingerprint density at radius 1 is 1.00 bits per heavy atom. The lowest BCUT2D eigenvalue weighted by molar-refractivity contribution is -0.193. The van der Waals surface area contributed by atoms with Crippen LogP contribution in [0.25, 0.3) is 0 Å². The molecule has 3 atom stereocenters. The molecule has 0 radical (unpaired) electrons. The molecule has 1 aromatic rings. The van der Waals surface area contributed by atoms with Crippen molar-refractivity contribution in [2.24, 2.45) is 11.8 Å². The van der Waals surface area contributed by atoms with Crippen molar-refractivity contribution in [1.29, 1.82) is 0 Å². The van der Waals surface area contributed by atoms with Crippen molar-refractivity contribution < 1.29 is 55.7 Å². The van der Waals surface area contributed by atoms with E-state index in [0.29, 0.717) is 12.5 Å². The fourth-order valence-electron chi connectivity index (χ4n) is 4.54. The summed E-state index contributed by atoms with van der Waals surface area (Å²) in [6, 6.07) is 6.68. The summed E-state index contributed by atoms with van der Waals surface area (Å²) in [4.78, 5) is 37.5. The fraction of sp³-hybridized carbons (Fsp3) is 0.667. The van der Waals surface area contributed by atoms with E-state index in [1.165, 1.54) is 19.3 Å². The number of likely N-dealkylation sites (tertiary alicyclic amines) is 1. The molecular weight excluding hydrogens is 540 g/mol. The first-order valence-electron chi connectivity index (χ1n) is 12.3. The average Bonchev–Trinajstić information content (AvgIpc) is 2.83. The van der Waals surface area contributed by atoms with E-state index in [0.717, 1.165) is 50.7 Å². The number of rotatable bonds is 5. The molecule has 15 heteroatoms. The third-order valence-electron chi connectivity index (χ3n) is 6.72. The first-order chi connectivity index (χ1) is 18.2. The van der Waals surface area contributed by atoms with E-state index in [4.69, 9.17) is 24.5 Å². The molecule has 39 heavy (non-hydrogen) atoms. The van der Waals surface area contributed by atoms with E-state index in [-0.39, 0.29) is 17.9 Å². The van der Waals surface area contributed by atoms with Crippen LogP contribution in [0.3, 0.4) is 0 Å². The zero-order valence-electron chi connectivity index (χ0n) is 20.9. The van der Waals surface area contributed by atoms with E-state index in [9.17, 15) is 31.1 Å². The van der Waals surface area contributed by atoms with Gasteiger partial charge < -0.3 is 20.3 Å². The number of fused-ring (bicyclic) bond motifs is 1. The topological polar surface area (TPSA) is 129 Å². The average molecular weight is 572 g/mol. The minimum absolute atomic E-state index is 0.102. The third kappa shape index (κ3) is 10.6. The molecule has 1 amide bonds. The number of aromatic nitrogens is 1. The summed E-state index contributed by atoms with van der Waals surface area (Å²) in [6.07, 6.45) is -1.33. The van der Waals surface area contributed by atoms with Crippen LogP contribution in [0, 0.1) is 11.8 Å². The Labute approximate surface area is 220 Å². The van der Waals surface area contributed by atoms with Crippen molar-refractivity contribution in [3.05, 3.63) is 30.1 Å². The van der Waals surface area contributed by atoms with Crippen LogP contribution in [0.2, 0.25) is 0 Å². The molecule has 2 aliphatic heterocycles. The molecule has 0 unspecified atom stereocenters. The van der Waals surface area contributed by atoms with Crippen molar-refractivity contribution in [2.75, 3.05) is 26.2 Å². The highest BCUT2D eigenvalue weighted by molar-refractivity contribution is 5.79. The molecule has 9 nitrogen and oxygen atoms in total. The Hall–Kier alpha value is -2.94. The number of carbonyl (C=O) groups excluding carboxylic acids is 1. The normalized spacial score (nSPS) is 23.5. The monoisotopic (exact) mass is 571 g/mol. The number of amides is 1. The van der Waals surface area contributed by atoms with Gasteiger partial charge in [0.05, 0.1) is 6.10 Å². The van der Waals surface area contributed by atoms with Crippen molar-refractivity contribution in [2.45, 2.75) is 63.0 Å². The lowest BCUT2D eigenvalue weighted by Crippen LogP contribution is -2.56. The number of pyridine rings is 1. The predicted octanol–water partition coefficient (Wildman–Crippen LogP) is 3.29. The molecule has 0 bridgehead atoms. The first-order valence-corrected chi connectivity index (χ1v) is 12.3. The Morgan fingerprint density at radius 2 is 1.62 bits per heavy atom. The van der Waals surface area contributed by atoms with Gasteiger partial charge in [0, 0.05) is 62.4 Å². The maximum absolute atomic E-state index is 12.8. The summed E-state index contributed by atoms with van der Waals surface area (Å²) >= 11 is 0. The van der Waals surface area contributed by atoms with E-state index in [1.807, 2.05) is 18.2 Å². The van der Waals surface area contributed by atoms with Gasteiger partial charge in [0.1, 0.15) is 0 Å². The number of hydrogen-bond acceptors (Lipinski definition) is 6. The highest BCUT2D eigenvalue weighted by Crippen LogP contribution is 2.36. The van der Waals surface area contributed by atoms with Gasteiger partial charge in [-0.2, -0.15) is 26.3 Å². The number of carbonyl (C=O) groups is 3. The third-order valence-corrected chi connectivity index (χ3v) is 6.72. The maximum atomic E-state index is 12.8. The highest BCUT2D eigenvalue weighted by atomic mass is 19.4. The van der Waals surface area contributed by atoms with Crippen LogP contribution in [0.1, 0.15) is 37.8 Å². The van der Waals surface area contributed by atoms with Crippen LogP contribution in [0.15, 0.2) is 24.4 Å². The molecule has 220 valence electrons. The zero-order chi connectivity index (χ0) is 29.2. The van der Waals surface area contributed by atoms with Crippen molar-refractivity contribution in [1.82, 2.24) is 15.2 Å². The summed E-state index contributed by atoms with van der Waals surface area (Å²) in [5.41, 5.74) is 1.03. The SMILES string of the molecule is O=C(NCCc1ccccn1)[C@@H]1CCO[C@@H]2CCN(C3CCC3)C[C@@H]21.O=C(O)C(F)(F)F.O=C(O)C(F)(F)F. The van der Waals surface area contributed by atoms with Gasteiger partial charge in [-0.3, -0.25) is 14.7 Å². The number of piperidine rings is 1. The summed E-state index contributed by atoms with van der Waals surface area (Å²) in [6.45, 7) is 3.56. The van der Waals surface area contributed by atoms with Gasteiger partial charge in [-0.15, -0.1) is 0 Å². The number of halogens is 6. The summed E-state index contributed by atoms with van der Waals surface area (Å²) < 4.78 is 69.5. The minimum Gasteiger partial charge on any atom is -0.475 e. The van der Waals surface area contributed by atoms with Gasteiger partial charge in [0.2, 0.25) is 5.91 Å². The molecule has 3 aliphatic rings. The summed E-state index contributed by atoms with van der Waals surface area (Å²) in [7, 11) is 0. The number of alkyl halides is 6. The zero-order valence-corrected chi connectivity index (χ0v) is 20.9. The smallest absolute Gasteiger partial charge is 0.475 e. The fourth-order valence-corrected chi connectivity index (χ4v) is 4.54. The van der Waals surface area contributed by atoms with Crippen LogP contribution in [0.4, 0.5) is 26.3 Å². The van der Waals surface area contributed by atoms with Gasteiger partial charge in [-0.1, -0.05) is 12.5 Å². The van der Waals surface area contributed by atoms with Crippen LogP contribution in [-0.4, -0.2) is 88.7 Å². The lowest BCUT2D eigenvalue weighted by atomic mass is 9.77. The molecule has 2 saturated heterocycles. The predicted molar refractivity (Wildman–Crippen MR) is 123 cm³/mol. The Morgan fingerprint density at radius 3 is 2.10 bits per heavy atom. The summed E-state index contributed by atoms with van der Waals surface area (Å²) in [5.74, 6) is -4.84. The Balaban J connectivity index is 0.000000317. The molecule has 3 N–H and O–H groups in total. The summed E-state index contributed by atoms with van der Waals surface area (Å²) in [5, 5.41) is 17.4. The standard InChI is InChI=1S/C20H29N3O2.2C2HF3O2/c24-20(22-11-7-15-4-1-2-10-21-15)17-9-13-25-19-8-12-23(14-18(17)19)16-5-3-6-16;2*3-2(4,5)1(6)7/h1-2,4,10,16-19H,3,5-9,11-14H2,(H,22,24);2*(H,6,7)/t17-,18-,19-;;/m1../s1. The van der Waals surface area contributed by atoms with Crippen molar-refractivity contribution in [3.63, 3.8) is 0 Å². The van der Waals surface area contributed by atoms with Crippen LogP contribution in [-0.2, 0) is 25.5 Å². The number of ether oxygens (including phenoxy) is 1. The van der Waals surface area contributed by atoms with E-state index >= 15 is 0 Å². The molecule has 3 fully saturated rings. The van der Waals surface area contributed by atoms with Crippen molar-refractivity contribution in [3.8, 4) is 0 Å². The first kappa shape index (κ1) is 32.3.